The molecule has 0 spiro atoms. The molecule has 4 heteroatoms. The van der Waals surface area contributed by atoms with E-state index in [4.69, 9.17) is 0 Å². The third-order valence-corrected chi connectivity index (χ3v) is 0.608. The molecule has 0 rings (SSSR count). The maximum absolute atomic E-state index is 10.4. The van der Waals surface area contributed by atoms with E-state index < -0.39 is 11.9 Å². The van der Waals surface area contributed by atoms with Crippen LogP contribution in [0, 0.1) is 0 Å². The number of esters is 2. The molecule has 0 heterocycles. The lowest BCUT2D eigenvalue weighted by atomic mass is 10.7. The molecule has 0 radical (unpaired) electrons. The molecule has 0 aromatic rings. The zero-order valence-electron chi connectivity index (χ0n) is 5.62. The quantitative estimate of drug-likeness (QED) is 0.420. The minimum absolute atomic E-state index is 0.360. The van der Waals surface area contributed by atoms with E-state index in [0.717, 1.165) is 6.26 Å². The first-order valence-corrected chi connectivity index (χ1v) is 2.60. The Labute approximate surface area is 58.4 Å². The predicted octanol–water partition coefficient (Wildman–Crippen LogP) is 0.236. The van der Waals surface area contributed by atoms with E-state index in [1.807, 2.05) is 0 Å². The highest BCUT2D eigenvalue weighted by Crippen LogP contribution is 1.81. The van der Waals surface area contributed by atoms with Gasteiger partial charge in [-0.15, -0.1) is 0 Å². The van der Waals surface area contributed by atoms with Crippen molar-refractivity contribution in [2.24, 2.45) is 0 Å². The van der Waals surface area contributed by atoms with E-state index in [-0.39, 0.29) is 6.61 Å². The Hall–Kier alpha value is -1.32. The molecule has 0 amide bonds. The Balaban J connectivity index is 3.39. The molecule has 0 aromatic carbocycles. The van der Waals surface area contributed by atoms with Crippen molar-refractivity contribution < 1.29 is 19.1 Å². The Morgan fingerprint density at radius 3 is 2.60 bits per heavy atom. The van der Waals surface area contributed by atoms with Crippen LogP contribution in [0.1, 0.15) is 6.92 Å². The monoisotopic (exact) mass is 144 g/mol. The van der Waals surface area contributed by atoms with Crippen molar-refractivity contribution in [3.63, 3.8) is 0 Å². The third kappa shape index (κ3) is 4.83. The maximum atomic E-state index is 10.4. The fourth-order valence-corrected chi connectivity index (χ4v) is 0.288. The minimum atomic E-state index is -0.634. The van der Waals surface area contributed by atoms with Gasteiger partial charge in [-0.3, -0.25) is 4.79 Å². The summed E-state index contributed by atoms with van der Waals surface area (Å²) in [5.74, 6) is -1.15. The Bertz CT molecular complexity index is 150. The van der Waals surface area contributed by atoms with E-state index in [1.54, 1.807) is 0 Å². The highest BCUT2D eigenvalue weighted by atomic mass is 16.6. The van der Waals surface area contributed by atoms with Crippen molar-refractivity contribution in [2.75, 3.05) is 6.61 Å². The average Bonchev–Trinajstić information content (AvgIpc) is 1.85. The van der Waals surface area contributed by atoms with Crippen LogP contribution in [-0.2, 0) is 19.1 Å². The van der Waals surface area contributed by atoms with Crippen molar-refractivity contribution in [2.45, 2.75) is 6.92 Å². The Kier molecular flexibility index (Phi) is 3.95. The second kappa shape index (κ2) is 4.55. The van der Waals surface area contributed by atoms with Gasteiger partial charge in [-0.1, -0.05) is 6.58 Å². The van der Waals surface area contributed by atoms with Gasteiger partial charge in [0.15, 0.2) is 6.61 Å². The van der Waals surface area contributed by atoms with Gasteiger partial charge < -0.3 is 9.47 Å². The number of hydrogen-bond donors (Lipinski definition) is 0. The second-order valence-electron chi connectivity index (χ2n) is 1.44. The molecule has 0 saturated carbocycles. The highest BCUT2D eigenvalue weighted by Gasteiger charge is 2.01. The van der Waals surface area contributed by atoms with Crippen LogP contribution in [0.5, 0.6) is 0 Å². The molecule has 0 atom stereocenters. The van der Waals surface area contributed by atoms with Gasteiger partial charge in [-0.25, -0.2) is 4.79 Å². The van der Waals surface area contributed by atoms with Crippen molar-refractivity contribution in [1.29, 1.82) is 0 Å². The zero-order valence-corrected chi connectivity index (χ0v) is 5.62. The summed E-state index contributed by atoms with van der Waals surface area (Å²) in [5.41, 5.74) is 0. The fourth-order valence-electron chi connectivity index (χ4n) is 0.288. The van der Waals surface area contributed by atoms with Gasteiger partial charge in [0.1, 0.15) is 0 Å². The summed E-state index contributed by atoms with van der Waals surface area (Å²) in [6.45, 7) is 3.99. The van der Waals surface area contributed by atoms with Crippen LogP contribution in [-0.4, -0.2) is 18.5 Å². The number of carbonyl (C=O) groups excluding carboxylic acids is 2. The molecule has 0 aliphatic carbocycles. The largest absolute Gasteiger partial charge is 0.454 e. The third-order valence-electron chi connectivity index (χ3n) is 0.608. The standard InChI is InChI=1S/C6H8O4/c1-3-9-6(8)4-10-5(2)7/h3H,1,4H2,2H3. The summed E-state index contributed by atoms with van der Waals surface area (Å²) in [6.07, 6.45) is 0.978. The van der Waals surface area contributed by atoms with E-state index in [0.29, 0.717) is 0 Å². The number of carbonyl (C=O) groups is 2. The predicted molar refractivity (Wildman–Crippen MR) is 32.9 cm³/mol. The van der Waals surface area contributed by atoms with Crippen molar-refractivity contribution in [3.8, 4) is 0 Å². The van der Waals surface area contributed by atoms with Crippen molar-refractivity contribution >= 4 is 11.9 Å². The molecule has 10 heavy (non-hydrogen) atoms. The topological polar surface area (TPSA) is 52.6 Å². The van der Waals surface area contributed by atoms with Gasteiger partial charge in [-0.05, 0) is 0 Å². The van der Waals surface area contributed by atoms with Gasteiger partial charge in [0, 0.05) is 6.92 Å². The normalized spacial score (nSPS) is 8.10. The lowest BCUT2D eigenvalue weighted by Gasteiger charge is -1.97. The first-order valence-electron chi connectivity index (χ1n) is 2.60. The van der Waals surface area contributed by atoms with E-state index in [1.165, 1.54) is 6.92 Å². The summed E-state index contributed by atoms with van der Waals surface area (Å²) < 4.78 is 8.53. The van der Waals surface area contributed by atoms with Crippen molar-refractivity contribution in [1.82, 2.24) is 0 Å². The maximum Gasteiger partial charge on any atom is 0.349 e. The molecule has 0 bridgehead atoms. The van der Waals surface area contributed by atoms with Gasteiger partial charge in [0.2, 0.25) is 0 Å². The average molecular weight is 144 g/mol. The molecule has 4 nitrogen and oxygen atoms in total. The molecule has 0 N–H and O–H groups in total. The van der Waals surface area contributed by atoms with E-state index in [2.05, 4.69) is 16.1 Å². The summed E-state index contributed by atoms with van der Waals surface area (Å²) in [6, 6.07) is 0. The van der Waals surface area contributed by atoms with Crippen LogP contribution < -0.4 is 0 Å². The summed E-state index contributed by atoms with van der Waals surface area (Å²) in [4.78, 5) is 20.5. The molecular formula is C6H8O4. The van der Waals surface area contributed by atoms with Crippen LogP contribution in [0.4, 0.5) is 0 Å². The highest BCUT2D eigenvalue weighted by molar-refractivity contribution is 5.75. The Morgan fingerprint density at radius 2 is 2.20 bits per heavy atom. The van der Waals surface area contributed by atoms with E-state index in [9.17, 15) is 9.59 Å². The minimum Gasteiger partial charge on any atom is -0.454 e. The summed E-state index contributed by atoms with van der Waals surface area (Å²) >= 11 is 0. The van der Waals surface area contributed by atoms with Crippen LogP contribution >= 0.6 is 0 Å². The molecule has 0 unspecified atom stereocenters. The van der Waals surface area contributed by atoms with Crippen LogP contribution in [0.15, 0.2) is 12.8 Å². The Morgan fingerprint density at radius 1 is 1.60 bits per heavy atom. The SMILES string of the molecule is C=COC(=O)COC(C)=O. The first kappa shape index (κ1) is 8.68. The lowest BCUT2D eigenvalue weighted by Crippen LogP contribution is -2.12. The number of ether oxygens (including phenoxy) is 2. The number of hydrogen-bond acceptors (Lipinski definition) is 4. The van der Waals surface area contributed by atoms with Crippen LogP contribution in [0.25, 0.3) is 0 Å². The van der Waals surface area contributed by atoms with Gasteiger partial charge in [-0.2, -0.15) is 0 Å². The molecule has 0 aromatic heterocycles. The smallest absolute Gasteiger partial charge is 0.349 e. The summed E-state index contributed by atoms with van der Waals surface area (Å²) in [7, 11) is 0. The fraction of sp³-hybridized carbons (Fsp3) is 0.333. The zero-order chi connectivity index (χ0) is 7.98. The molecule has 0 fully saturated rings. The lowest BCUT2D eigenvalue weighted by molar-refractivity contribution is -0.154. The second-order valence-corrected chi connectivity index (χ2v) is 1.44. The summed E-state index contributed by atoms with van der Waals surface area (Å²) in [5, 5.41) is 0. The van der Waals surface area contributed by atoms with Gasteiger partial charge >= 0.3 is 11.9 Å². The van der Waals surface area contributed by atoms with Gasteiger partial charge in [0.05, 0.1) is 6.26 Å². The molecule has 0 aliphatic rings. The first-order chi connectivity index (χ1) is 4.66. The van der Waals surface area contributed by atoms with E-state index >= 15 is 0 Å². The molecular weight excluding hydrogens is 136 g/mol. The van der Waals surface area contributed by atoms with Crippen molar-refractivity contribution in [3.05, 3.63) is 12.8 Å². The van der Waals surface area contributed by atoms with Gasteiger partial charge in [0.25, 0.3) is 0 Å². The van der Waals surface area contributed by atoms with Crippen LogP contribution in [0.2, 0.25) is 0 Å². The number of rotatable bonds is 3. The van der Waals surface area contributed by atoms with Crippen LogP contribution in [0.3, 0.4) is 0 Å². The molecule has 56 valence electrons. The molecule has 0 saturated heterocycles. The molecule has 0 aliphatic heterocycles.